The first-order chi connectivity index (χ1) is 29.2. The number of ketones is 2. The summed E-state index contributed by atoms with van der Waals surface area (Å²) < 4.78 is 144. The lowest BCUT2D eigenvalue weighted by molar-refractivity contribution is 0.105. The van der Waals surface area contributed by atoms with Gasteiger partial charge in [0.1, 0.15) is 38.5 Å². The molecule has 0 aliphatic heterocycles. The highest BCUT2D eigenvalue weighted by molar-refractivity contribution is 7.91. The lowest BCUT2D eigenvalue weighted by Gasteiger charge is -2.19. The molecule has 3 aliphatic carbocycles. The molecular weight excluding hydrogens is 925 g/mol. The van der Waals surface area contributed by atoms with Crippen LogP contribution in [-0.2, 0) is 45.2 Å². The van der Waals surface area contributed by atoms with Crippen LogP contribution < -0.4 is 15.3 Å². The summed E-state index contributed by atoms with van der Waals surface area (Å²) in [6.07, 6.45) is 4.92. The molecular formula is C34H26N6O19S4. The van der Waals surface area contributed by atoms with Crippen LogP contribution in [0.4, 0.5) is 11.4 Å². The van der Waals surface area contributed by atoms with Gasteiger partial charge < -0.3 is 19.7 Å². The zero-order chi connectivity index (χ0) is 46.6. The zero-order valence-corrected chi connectivity index (χ0v) is 34.6. The molecule has 3 aliphatic rings. The molecule has 0 atom stereocenters. The molecule has 3 aromatic carbocycles. The van der Waals surface area contributed by atoms with Gasteiger partial charge in [0.25, 0.3) is 40.5 Å². The number of carbonyl (C=O) groups excluding carboxylic acids is 2. The number of ether oxygens (including phenoxy) is 2. The molecule has 0 saturated carbocycles. The van der Waals surface area contributed by atoms with Crippen molar-refractivity contribution in [3.63, 3.8) is 0 Å². The number of phenolic OH excluding ortho intramolecular Hbond substituents is 2. The Hall–Kier alpha value is -6.96. The fourth-order valence-electron chi connectivity index (χ4n) is 5.83. The number of Topliss-reactive ketones (excluding diaryl/α,β-unsaturated/α-hetero) is 2. The molecule has 3 aromatic rings. The maximum absolute atomic E-state index is 13.3. The average molecular weight is 951 g/mol. The number of fused-ring (bicyclic) bond motifs is 2. The topological polar surface area (TPSA) is 395 Å². The minimum absolute atomic E-state index is 0.0261. The van der Waals surface area contributed by atoms with Crippen molar-refractivity contribution in [1.82, 2.24) is 0 Å². The minimum Gasteiger partial charge on any atom is -0.507 e. The summed E-state index contributed by atoms with van der Waals surface area (Å²) >= 11 is 0. The average Bonchev–Trinajstić information content (AvgIpc) is 3.18. The number of anilines is 2. The van der Waals surface area contributed by atoms with E-state index >= 15 is 0 Å². The van der Waals surface area contributed by atoms with E-state index in [1.807, 2.05) is 0 Å². The van der Waals surface area contributed by atoms with E-state index in [9.17, 15) is 76.9 Å². The number of methoxy groups -OCH3 is 2. The predicted molar refractivity (Wildman–Crippen MR) is 218 cm³/mol. The normalized spacial score (nSPS) is 18.2. The van der Waals surface area contributed by atoms with E-state index in [0.29, 0.717) is 41.6 Å². The molecule has 8 N–H and O–H groups in total. The van der Waals surface area contributed by atoms with E-state index < -0.39 is 117 Å². The molecule has 63 heavy (non-hydrogen) atoms. The van der Waals surface area contributed by atoms with Crippen molar-refractivity contribution < 1.29 is 86.4 Å². The second-order valence-electron chi connectivity index (χ2n) is 12.6. The first-order valence-electron chi connectivity index (χ1n) is 16.6. The number of benzene rings is 3. The summed E-state index contributed by atoms with van der Waals surface area (Å²) in [7, 11) is -18.0. The highest BCUT2D eigenvalue weighted by atomic mass is 32.2. The van der Waals surface area contributed by atoms with E-state index in [0.717, 1.165) is 0 Å². The number of hydrogen-bond donors (Lipinski definition) is 8. The number of hydrazone groups is 2. The van der Waals surface area contributed by atoms with Crippen molar-refractivity contribution in [3.05, 3.63) is 98.5 Å². The smallest absolute Gasteiger partial charge is 0.296 e. The van der Waals surface area contributed by atoms with Gasteiger partial charge in [-0.1, -0.05) is 0 Å². The molecule has 6 rings (SSSR count). The van der Waals surface area contributed by atoms with Gasteiger partial charge in [0.2, 0.25) is 11.6 Å². The SMILES string of the molecule is COC1=CC(=N/N(O)c2ccc(N/N=C3/C(=O)c4c(O)cc(S(=O)(=O)O)cc4C=C3S(=O)(=O)O)c(OC)c2)/C=CC/1=N/N=C1\C(=O)c2c(O)cc(S(=O)(=O)O)cc2C=C1S(=O)(=O)O. The number of hydrogen-bond acceptors (Lipinski definition) is 21. The Morgan fingerprint density at radius 2 is 1.16 bits per heavy atom. The van der Waals surface area contributed by atoms with Crippen molar-refractivity contribution in [2.75, 3.05) is 24.8 Å². The van der Waals surface area contributed by atoms with Crippen LogP contribution in [0.5, 0.6) is 17.2 Å². The molecule has 0 unspecified atom stereocenters. The van der Waals surface area contributed by atoms with Gasteiger partial charge in [-0.05, 0) is 59.7 Å². The molecule has 0 aromatic heterocycles. The Morgan fingerprint density at radius 3 is 1.65 bits per heavy atom. The van der Waals surface area contributed by atoms with Crippen LogP contribution in [0.3, 0.4) is 0 Å². The first-order valence-corrected chi connectivity index (χ1v) is 22.4. The lowest BCUT2D eigenvalue weighted by Crippen LogP contribution is -2.27. The highest BCUT2D eigenvalue weighted by Gasteiger charge is 2.37. The summed E-state index contributed by atoms with van der Waals surface area (Å²) in [5, 5.41) is 47.3. The fraction of sp³-hybridized carbons (Fsp3) is 0.0588. The summed E-state index contributed by atoms with van der Waals surface area (Å²) in [5.41, 5.74) is -2.15. The highest BCUT2D eigenvalue weighted by Crippen LogP contribution is 2.36. The van der Waals surface area contributed by atoms with E-state index in [1.165, 1.54) is 50.6 Å². The predicted octanol–water partition coefficient (Wildman–Crippen LogP) is 2.07. The summed E-state index contributed by atoms with van der Waals surface area (Å²) in [6.45, 7) is 0. The van der Waals surface area contributed by atoms with E-state index in [2.05, 4.69) is 25.8 Å². The quantitative estimate of drug-likeness (QED) is 0.0774. The molecule has 0 saturated heterocycles. The maximum atomic E-state index is 13.3. The zero-order valence-electron chi connectivity index (χ0n) is 31.3. The number of allylic oxidation sites excluding steroid dienone is 5. The van der Waals surface area contributed by atoms with E-state index in [1.54, 1.807) is 0 Å². The Labute approximate surface area is 354 Å². The number of nitrogens with one attached hydrogen (secondary N) is 1. The van der Waals surface area contributed by atoms with Crippen LogP contribution in [-0.4, -0.2) is 116 Å². The molecule has 25 nitrogen and oxygen atoms in total. The molecule has 0 heterocycles. The number of aromatic hydroxyl groups is 2. The molecule has 0 radical (unpaired) electrons. The van der Waals surface area contributed by atoms with Gasteiger partial charge in [0.15, 0.2) is 11.4 Å². The van der Waals surface area contributed by atoms with Crippen LogP contribution in [0.25, 0.3) is 12.2 Å². The van der Waals surface area contributed by atoms with Gasteiger partial charge in [-0.2, -0.15) is 38.8 Å². The van der Waals surface area contributed by atoms with Gasteiger partial charge >= 0.3 is 0 Å². The molecule has 0 spiro atoms. The largest absolute Gasteiger partial charge is 0.507 e. The van der Waals surface area contributed by atoms with Crippen LogP contribution >= 0.6 is 0 Å². The Bertz CT molecular complexity index is 3290. The third kappa shape index (κ3) is 9.30. The maximum Gasteiger partial charge on any atom is 0.296 e. The van der Waals surface area contributed by atoms with Gasteiger partial charge in [0.05, 0.1) is 52.2 Å². The van der Waals surface area contributed by atoms with Crippen LogP contribution in [0.2, 0.25) is 0 Å². The standard InChI is InChI=1S/C34H26N6O19S4/c1-58-25-11-17(3-5-21(25)35-37-31-27(62(52,53)54)9-15-7-19(60(46,47)48)13-23(41)29(15)33(31)43)39-40(45)18-4-6-22(26(12-18)59-2)36-38-32-28(63(55,56)57)10-16-8-20(61(49,50)51)14-24(42)30(16)34(32)44/h3-14,36,41-42,45H,1-2H3,(H,46,47,48)(H,49,50,51)(H,52,53,54)(H,55,56,57)/b35-21-,37-31-,38-32+,39-17+. The van der Waals surface area contributed by atoms with E-state index in [-0.39, 0.29) is 34.3 Å². The van der Waals surface area contributed by atoms with Crippen LogP contribution in [0.1, 0.15) is 31.8 Å². The van der Waals surface area contributed by atoms with Gasteiger partial charge in [-0.15, -0.1) is 20.5 Å². The number of phenols is 2. The molecule has 330 valence electrons. The summed E-state index contributed by atoms with van der Waals surface area (Å²) in [6, 6.07) is 6.08. The number of rotatable bonds is 11. The number of carbonyl (C=O) groups is 2. The van der Waals surface area contributed by atoms with Gasteiger partial charge in [-0.25, -0.2) is 0 Å². The third-order valence-corrected chi connectivity index (χ3v) is 12.1. The fourth-order valence-corrected chi connectivity index (χ4v) is 8.22. The molecule has 0 bridgehead atoms. The van der Waals surface area contributed by atoms with Crippen molar-refractivity contribution in [3.8, 4) is 17.2 Å². The third-order valence-electron chi connectivity index (χ3n) is 8.65. The van der Waals surface area contributed by atoms with Gasteiger partial charge in [-0.3, -0.25) is 38.4 Å². The van der Waals surface area contributed by atoms with Crippen molar-refractivity contribution in [2.24, 2.45) is 20.4 Å². The lowest BCUT2D eigenvalue weighted by atomic mass is 9.94. The second-order valence-corrected chi connectivity index (χ2v) is 18.3. The Balaban J connectivity index is 1.27. The first kappa shape index (κ1) is 45.6. The van der Waals surface area contributed by atoms with Crippen molar-refractivity contribution >= 4 is 98.4 Å². The number of nitrogens with zero attached hydrogens (tertiary/aromatic N) is 5. The summed E-state index contributed by atoms with van der Waals surface area (Å²) in [4.78, 5) is 22.6. The molecule has 0 fully saturated rings. The molecule has 29 heteroatoms. The molecule has 0 amide bonds. The Kier molecular flexibility index (Phi) is 11.9. The van der Waals surface area contributed by atoms with Gasteiger partial charge in [0, 0.05) is 24.3 Å². The monoisotopic (exact) mass is 950 g/mol. The second kappa shape index (κ2) is 16.4. The van der Waals surface area contributed by atoms with Crippen LogP contribution in [0, 0.1) is 0 Å². The summed E-state index contributed by atoms with van der Waals surface area (Å²) in [5.74, 6) is -4.76. The van der Waals surface area contributed by atoms with E-state index in [4.69, 9.17) is 9.47 Å². The van der Waals surface area contributed by atoms with Crippen molar-refractivity contribution in [2.45, 2.75) is 9.79 Å². The minimum atomic E-state index is -5.24. The van der Waals surface area contributed by atoms with Crippen molar-refractivity contribution in [1.29, 1.82) is 0 Å². The Morgan fingerprint density at radius 1 is 0.635 bits per heavy atom. The van der Waals surface area contributed by atoms with Crippen LogP contribution in [0.15, 0.2) is 106 Å².